The van der Waals surface area contributed by atoms with E-state index in [0.29, 0.717) is 5.56 Å². The van der Waals surface area contributed by atoms with Gasteiger partial charge < -0.3 is 10.1 Å². The number of carbonyl (C=O) groups excluding carboxylic acids is 2. The van der Waals surface area contributed by atoms with Crippen molar-refractivity contribution in [2.75, 3.05) is 5.32 Å². The molecule has 0 radical (unpaired) electrons. The van der Waals surface area contributed by atoms with E-state index in [1.165, 1.54) is 19.1 Å². The molecule has 0 fully saturated rings. The molecule has 0 aliphatic heterocycles. The lowest BCUT2D eigenvalue weighted by Gasteiger charge is -2.14. The van der Waals surface area contributed by atoms with E-state index in [-0.39, 0.29) is 10.7 Å². The molecule has 0 saturated heterocycles. The van der Waals surface area contributed by atoms with Crippen LogP contribution in [-0.4, -0.2) is 23.0 Å². The molecule has 2 aromatic carbocycles. The zero-order chi connectivity index (χ0) is 21.7. The molecule has 0 saturated carbocycles. The highest BCUT2D eigenvalue weighted by atomic mass is 35.5. The number of thioether (sulfide) groups is 1. The number of nitrogens with one attached hydrogen (secondary N) is 1. The third-order valence-corrected chi connectivity index (χ3v) is 6.17. The summed E-state index contributed by atoms with van der Waals surface area (Å²) in [5.41, 5.74) is 1.60. The topological polar surface area (TPSA) is 68.3 Å². The maximum absolute atomic E-state index is 13.1. The number of aryl methyl sites for hydroxylation is 1. The summed E-state index contributed by atoms with van der Waals surface area (Å²) >= 11 is 9.12. The number of thiazole rings is 1. The Morgan fingerprint density at radius 2 is 2.00 bits per heavy atom. The van der Waals surface area contributed by atoms with Crippen molar-refractivity contribution in [3.8, 4) is 0 Å². The highest BCUT2D eigenvalue weighted by molar-refractivity contribution is 7.98. The first-order valence-electron chi connectivity index (χ1n) is 8.92. The molecule has 1 atom stereocenters. The Morgan fingerprint density at radius 3 is 2.63 bits per heavy atom. The summed E-state index contributed by atoms with van der Waals surface area (Å²) in [4.78, 5) is 30.0. The van der Waals surface area contributed by atoms with Crippen LogP contribution in [0.4, 0.5) is 10.1 Å². The van der Waals surface area contributed by atoms with Crippen LogP contribution in [0.1, 0.15) is 28.0 Å². The standard InChI is InChI=1S/C21H18ClFN2O3S2/c1-12(20(26)25-19-8-5-15(23)9-18(19)22)28-21(27)14-3-6-17(7-4-14)30-11-16-10-29-13(2)24-16/h3-10,12H,11H2,1-2H3,(H,25,26). The summed E-state index contributed by atoms with van der Waals surface area (Å²) in [6.45, 7) is 3.42. The van der Waals surface area contributed by atoms with Crippen LogP contribution >= 0.6 is 34.7 Å². The van der Waals surface area contributed by atoms with Gasteiger partial charge in [-0.05, 0) is 56.3 Å². The zero-order valence-electron chi connectivity index (χ0n) is 16.1. The summed E-state index contributed by atoms with van der Waals surface area (Å²) in [6, 6.07) is 10.5. The molecule has 3 rings (SSSR count). The number of ether oxygens (including phenoxy) is 1. The second-order valence-corrected chi connectivity index (χ2v) is 8.85. The Kier molecular flexibility index (Phi) is 7.47. The number of benzene rings is 2. The smallest absolute Gasteiger partial charge is 0.338 e. The number of nitrogens with zero attached hydrogens (tertiary/aromatic N) is 1. The quantitative estimate of drug-likeness (QED) is 0.357. The molecule has 156 valence electrons. The predicted octanol–water partition coefficient (Wildman–Crippen LogP) is 5.72. The fourth-order valence-corrected chi connectivity index (χ4v) is 4.15. The van der Waals surface area contributed by atoms with Gasteiger partial charge in [-0.15, -0.1) is 23.1 Å². The number of carbonyl (C=O) groups is 2. The molecule has 0 bridgehead atoms. The predicted molar refractivity (Wildman–Crippen MR) is 118 cm³/mol. The highest BCUT2D eigenvalue weighted by Gasteiger charge is 2.20. The van der Waals surface area contributed by atoms with E-state index < -0.39 is 23.8 Å². The Morgan fingerprint density at radius 1 is 1.27 bits per heavy atom. The molecule has 5 nitrogen and oxygen atoms in total. The Bertz CT molecular complexity index is 1060. The van der Waals surface area contributed by atoms with Gasteiger partial charge in [-0.2, -0.15) is 0 Å². The molecule has 0 spiro atoms. The van der Waals surface area contributed by atoms with E-state index >= 15 is 0 Å². The fraction of sp³-hybridized carbons (Fsp3) is 0.190. The second kappa shape index (κ2) is 10.1. The fourth-order valence-electron chi connectivity index (χ4n) is 2.43. The zero-order valence-corrected chi connectivity index (χ0v) is 18.5. The molecule has 30 heavy (non-hydrogen) atoms. The van der Waals surface area contributed by atoms with Gasteiger partial charge in [0.15, 0.2) is 6.10 Å². The van der Waals surface area contributed by atoms with Crippen LogP contribution in [0.15, 0.2) is 52.7 Å². The van der Waals surface area contributed by atoms with Crippen LogP contribution in [-0.2, 0) is 15.3 Å². The van der Waals surface area contributed by atoms with Gasteiger partial charge >= 0.3 is 5.97 Å². The number of halogens is 2. The van der Waals surface area contributed by atoms with Crippen LogP contribution in [0.5, 0.6) is 0 Å². The van der Waals surface area contributed by atoms with Gasteiger partial charge in [0.1, 0.15) is 5.82 Å². The van der Waals surface area contributed by atoms with E-state index in [1.807, 2.05) is 24.4 Å². The molecular weight excluding hydrogens is 447 g/mol. The van der Waals surface area contributed by atoms with Crippen LogP contribution in [0.3, 0.4) is 0 Å². The summed E-state index contributed by atoms with van der Waals surface area (Å²) < 4.78 is 18.3. The van der Waals surface area contributed by atoms with Crippen molar-refractivity contribution in [3.05, 3.63) is 74.9 Å². The van der Waals surface area contributed by atoms with Gasteiger partial charge in [-0.1, -0.05) is 11.6 Å². The van der Waals surface area contributed by atoms with Gasteiger partial charge in [0.2, 0.25) is 0 Å². The first-order chi connectivity index (χ1) is 14.3. The van der Waals surface area contributed by atoms with Gasteiger partial charge in [-0.3, -0.25) is 4.79 Å². The van der Waals surface area contributed by atoms with Crippen molar-refractivity contribution in [1.29, 1.82) is 0 Å². The largest absolute Gasteiger partial charge is 0.449 e. The third-order valence-electron chi connectivity index (χ3n) is 3.99. The van der Waals surface area contributed by atoms with Crippen molar-refractivity contribution in [1.82, 2.24) is 4.98 Å². The van der Waals surface area contributed by atoms with E-state index in [1.54, 1.807) is 35.2 Å². The van der Waals surface area contributed by atoms with Gasteiger partial charge in [0, 0.05) is 16.0 Å². The van der Waals surface area contributed by atoms with Crippen molar-refractivity contribution in [2.24, 2.45) is 0 Å². The average molecular weight is 465 g/mol. The molecule has 1 unspecified atom stereocenters. The lowest BCUT2D eigenvalue weighted by atomic mass is 10.2. The molecule has 1 amide bonds. The molecule has 0 aliphatic carbocycles. The first kappa shape index (κ1) is 22.3. The number of esters is 1. The Balaban J connectivity index is 1.53. The minimum atomic E-state index is -1.06. The van der Waals surface area contributed by atoms with Crippen LogP contribution in [0, 0.1) is 12.7 Å². The Hall–Kier alpha value is -2.42. The normalized spacial score (nSPS) is 11.7. The maximum atomic E-state index is 13.1. The number of aromatic nitrogens is 1. The van der Waals surface area contributed by atoms with Crippen LogP contribution in [0.2, 0.25) is 5.02 Å². The average Bonchev–Trinajstić information content (AvgIpc) is 3.14. The van der Waals surface area contributed by atoms with Crippen molar-refractivity contribution < 1.29 is 18.7 Å². The van der Waals surface area contributed by atoms with Gasteiger partial charge in [0.25, 0.3) is 5.91 Å². The molecule has 3 aromatic rings. The maximum Gasteiger partial charge on any atom is 0.338 e. The summed E-state index contributed by atoms with van der Waals surface area (Å²) in [5.74, 6) is -0.949. The number of amides is 1. The van der Waals surface area contributed by atoms with Crippen molar-refractivity contribution >= 4 is 52.3 Å². The van der Waals surface area contributed by atoms with Crippen LogP contribution in [0.25, 0.3) is 0 Å². The number of hydrogen-bond donors (Lipinski definition) is 1. The molecular formula is C21H18ClFN2O3S2. The van der Waals surface area contributed by atoms with Crippen LogP contribution < -0.4 is 5.32 Å². The van der Waals surface area contributed by atoms with E-state index in [0.717, 1.165) is 27.4 Å². The summed E-state index contributed by atoms with van der Waals surface area (Å²) in [5, 5.41) is 5.63. The second-order valence-electron chi connectivity index (χ2n) is 6.33. The number of rotatable bonds is 7. The minimum Gasteiger partial charge on any atom is -0.449 e. The first-order valence-corrected chi connectivity index (χ1v) is 11.2. The minimum absolute atomic E-state index is 0.0581. The van der Waals surface area contributed by atoms with E-state index in [2.05, 4.69) is 10.3 Å². The number of hydrogen-bond acceptors (Lipinski definition) is 6. The SMILES string of the molecule is Cc1nc(CSc2ccc(C(=O)OC(C)C(=O)Nc3ccc(F)cc3Cl)cc2)cs1. The summed E-state index contributed by atoms with van der Waals surface area (Å²) in [6.07, 6.45) is -1.06. The number of anilines is 1. The van der Waals surface area contributed by atoms with Crippen molar-refractivity contribution in [2.45, 2.75) is 30.6 Å². The molecule has 1 N–H and O–H groups in total. The lowest BCUT2D eigenvalue weighted by Crippen LogP contribution is -2.30. The molecule has 0 aliphatic rings. The third kappa shape index (κ3) is 6.04. The monoisotopic (exact) mass is 464 g/mol. The highest BCUT2D eigenvalue weighted by Crippen LogP contribution is 2.25. The molecule has 1 heterocycles. The van der Waals surface area contributed by atoms with E-state index in [4.69, 9.17) is 16.3 Å². The molecule has 9 heteroatoms. The lowest BCUT2D eigenvalue weighted by molar-refractivity contribution is -0.123. The molecule has 1 aromatic heterocycles. The van der Waals surface area contributed by atoms with Crippen molar-refractivity contribution in [3.63, 3.8) is 0 Å². The Labute approximate surface area is 186 Å². The van der Waals surface area contributed by atoms with Gasteiger partial charge in [-0.25, -0.2) is 14.2 Å². The van der Waals surface area contributed by atoms with E-state index in [9.17, 15) is 14.0 Å². The summed E-state index contributed by atoms with van der Waals surface area (Å²) in [7, 11) is 0. The van der Waals surface area contributed by atoms with Gasteiger partial charge in [0.05, 0.1) is 27.0 Å².